The second-order valence-corrected chi connectivity index (χ2v) is 6.52. The number of carbonyl (C=O) groups excluding carboxylic acids is 1. The van der Waals surface area contributed by atoms with Crippen molar-refractivity contribution in [3.63, 3.8) is 0 Å². The van der Waals surface area contributed by atoms with Crippen LogP contribution < -0.4 is 15.2 Å². The van der Waals surface area contributed by atoms with Gasteiger partial charge in [0.1, 0.15) is 11.3 Å². The van der Waals surface area contributed by atoms with Crippen molar-refractivity contribution in [2.45, 2.75) is 39.7 Å². The first-order chi connectivity index (χ1) is 11.3. The molecule has 2 N–H and O–H groups in total. The van der Waals surface area contributed by atoms with Crippen molar-refractivity contribution >= 4 is 11.8 Å². The van der Waals surface area contributed by atoms with Crippen LogP contribution >= 0.6 is 0 Å². The Balaban J connectivity index is 2.02. The quantitative estimate of drug-likeness (QED) is 0.909. The third kappa shape index (κ3) is 2.89. The highest BCUT2D eigenvalue weighted by atomic mass is 16.7. The molecule has 0 saturated carbocycles. The van der Waals surface area contributed by atoms with Crippen LogP contribution in [-0.2, 0) is 11.2 Å². The molecule has 0 unspecified atom stereocenters. The summed E-state index contributed by atoms with van der Waals surface area (Å²) in [4.78, 5) is 12.4. The maximum Gasteiger partial charge on any atom is 0.435 e. The molecule has 7 nitrogen and oxygen atoms in total. The largest absolute Gasteiger partial charge is 0.454 e. The van der Waals surface area contributed by atoms with Crippen molar-refractivity contribution in [2.24, 2.45) is 0 Å². The number of nitrogen functional groups attached to an aromatic ring is 1. The third-order valence-electron chi connectivity index (χ3n) is 3.57. The van der Waals surface area contributed by atoms with Crippen LogP contribution in [-0.4, -0.2) is 28.3 Å². The summed E-state index contributed by atoms with van der Waals surface area (Å²) in [5.74, 6) is 1.32. The zero-order chi connectivity index (χ0) is 17.5. The van der Waals surface area contributed by atoms with E-state index in [0.29, 0.717) is 35.0 Å². The van der Waals surface area contributed by atoms with Gasteiger partial charge in [-0.05, 0) is 45.4 Å². The zero-order valence-electron chi connectivity index (χ0n) is 14.3. The molecule has 1 aliphatic rings. The molecule has 1 aromatic heterocycles. The minimum absolute atomic E-state index is 0.195. The highest BCUT2D eigenvalue weighted by Crippen LogP contribution is 2.37. The topological polar surface area (TPSA) is 88.6 Å². The number of hydrogen-bond acceptors (Lipinski definition) is 6. The minimum atomic E-state index is -0.609. The van der Waals surface area contributed by atoms with E-state index < -0.39 is 11.7 Å². The zero-order valence-corrected chi connectivity index (χ0v) is 14.3. The van der Waals surface area contributed by atoms with Gasteiger partial charge >= 0.3 is 6.09 Å². The Morgan fingerprint density at radius 1 is 1.33 bits per heavy atom. The monoisotopic (exact) mass is 331 g/mol. The Hall–Kier alpha value is -2.70. The van der Waals surface area contributed by atoms with E-state index in [0.717, 1.165) is 5.56 Å². The summed E-state index contributed by atoms with van der Waals surface area (Å²) in [6.45, 7) is 7.53. The molecule has 0 bridgehead atoms. The maximum atomic E-state index is 12.4. The molecule has 2 aromatic rings. The van der Waals surface area contributed by atoms with Crippen molar-refractivity contribution in [1.82, 2.24) is 9.78 Å². The van der Waals surface area contributed by atoms with Crippen LogP contribution in [0.4, 0.5) is 10.5 Å². The van der Waals surface area contributed by atoms with Crippen LogP contribution in [0, 0.1) is 0 Å². The summed E-state index contributed by atoms with van der Waals surface area (Å²) in [6, 6.07) is 5.44. The molecule has 0 amide bonds. The molecule has 0 aliphatic carbocycles. The lowest BCUT2D eigenvalue weighted by Gasteiger charge is -2.19. The smallest absolute Gasteiger partial charge is 0.435 e. The van der Waals surface area contributed by atoms with E-state index in [-0.39, 0.29) is 6.79 Å². The molecule has 0 atom stereocenters. The van der Waals surface area contributed by atoms with Crippen molar-refractivity contribution in [1.29, 1.82) is 0 Å². The first kappa shape index (κ1) is 16.2. The van der Waals surface area contributed by atoms with Gasteiger partial charge in [-0.3, -0.25) is 0 Å². The van der Waals surface area contributed by atoms with Gasteiger partial charge in [0.05, 0.1) is 11.4 Å². The fraction of sp³-hybridized carbons (Fsp3) is 0.412. The number of hydrogen-bond donors (Lipinski definition) is 1. The summed E-state index contributed by atoms with van der Waals surface area (Å²) in [7, 11) is 0. The van der Waals surface area contributed by atoms with Gasteiger partial charge in [-0.1, -0.05) is 6.92 Å². The molecule has 24 heavy (non-hydrogen) atoms. The van der Waals surface area contributed by atoms with Crippen molar-refractivity contribution in [2.75, 3.05) is 12.5 Å². The molecular weight excluding hydrogens is 310 g/mol. The standard InChI is InChI=1S/C17H21N3O4/c1-5-11-14(18)15(19-20(11)16(21)24-17(2,3)4)10-6-7-12-13(8-10)23-9-22-12/h6-8H,5,9,18H2,1-4H3. The third-order valence-corrected chi connectivity index (χ3v) is 3.57. The Kier molecular flexibility index (Phi) is 3.87. The van der Waals surface area contributed by atoms with E-state index in [4.69, 9.17) is 19.9 Å². The van der Waals surface area contributed by atoms with Gasteiger partial charge in [-0.15, -0.1) is 0 Å². The van der Waals surface area contributed by atoms with Gasteiger partial charge in [0, 0.05) is 5.56 Å². The van der Waals surface area contributed by atoms with Crippen molar-refractivity contribution in [3.8, 4) is 22.8 Å². The van der Waals surface area contributed by atoms with Crippen LogP contribution in [0.3, 0.4) is 0 Å². The van der Waals surface area contributed by atoms with Crippen molar-refractivity contribution < 1.29 is 19.0 Å². The molecule has 0 fully saturated rings. The number of ether oxygens (including phenoxy) is 3. The second-order valence-electron chi connectivity index (χ2n) is 6.52. The molecule has 1 aromatic carbocycles. The maximum absolute atomic E-state index is 12.4. The number of benzene rings is 1. The van der Waals surface area contributed by atoms with Crippen LogP contribution in [0.25, 0.3) is 11.3 Å². The summed E-state index contributed by atoms with van der Waals surface area (Å²) in [5.41, 5.74) is 7.99. The highest BCUT2D eigenvalue weighted by molar-refractivity contribution is 5.81. The Morgan fingerprint density at radius 2 is 2.04 bits per heavy atom. The summed E-state index contributed by atoms with van der Waals surface area (Å²) in [6.07, 6.45) is 0.0147. The molecule has 0 saturated heterocycles. The van der Waals surface area contributed by atoms with Gasteiger partial charge in [0.15, 0.2) is 11.5 Å². The predicted molar refractivity (Wildman–Crippen MR) is 89.2 cm³/mol. The van der Waals surface area contributed by atoms with Gasteiger partial charge in [0.25, 0.3) is 0 Å². The Labute approximate surface area is 140 Å². The first-order valence-electron chi connectivity index (χ1n) is 7.81. The summed E-state index contributed by atoms with van der Waals surface area (Å²) in [5, 5.41) is 4.38. The Morgan fingerprint density at radius 3 is 2.71 bits per heavy atom. The molecule has 1 aliphatic heterocycles. The van der Waals surface area contributed by atoms with Crippen molar-refractivity contribution in [3.05, 3.63) is 23.9 Å². The van der Waals surface area contributed by atoms with Gasteiger partial charge in [-0.2, -0.15) is 9.78 Å². The number of fused-ring (bicyclic) bond motifs is 1. The SMILES string of the molecule is CCc1c(N)c(-c2ccc3c(c2)OCO3)nn1C(=O)OC(C)(C)C. The Bertz CT molecular complexity index is 790. The van der Waals surface area contributed by atoms with Crippen LogP contribution in [0.5, 0.6) is 11.5 Å². The fourth-order valence-electron chi connectivity index (χ4n) is 2.52. The molecule has 128 valence electrons. The normalized spacial score (nSPS) is 13.2. The number of anilines is 1. The minimum Gasteiger partial charge on any atom is -0.454 e. The molecular formula is C17H21N3O4. The first-order valence-corrected chi connectivity index (χ1v) is 7.81. The van der Waals surface area contributed by atoms with E-state index in [1.165, 1.54) is 4.68 Å². The molecule has 0 spiro atoms. The lowest BCUT2D eigenvalue weighted by Crippen LogP contribution is -2.28. The van der Waals surface area contributed by atoms with E-state index >= 15 is 0 Å². The van der Waals surface area contributed by atoms with Crippen LogP contribution in [0.2, 0.25) is 0 Å². The van der Waals surface area contributed by atoms with E-state index in [2.05, 4.69) is 5.10 Å². The molecule has 0 radical (unpaired) electrons. The van der Waals surface area contributed by atoms with Crippen LogP contribution in [0.15, 0.2) is 18.2 Å². The second kappa shape index (κ2) is 5.74. The molecule has 7 heteroatoms. The van der Waals surface area contributed by atoms with E-state index in [1.807, 2.05) is 33.8 Å². The summed E-state index contributed by atoms with van der Waals surface area (Å²) >= 11 is 0. The van der Waals surface area contributed by atoms with Gasteiger partial charge < -0.3 is 19.9 Å². The lowest BCUT2D eigenvalue weighted by atomic mass is 10.1. The van der Waals surface area contributed by atoms with Crippen LogP contribution in [0.1, 0.15) is 33.4 Å². The predicted octanol–water partition coefficient (Wildman–Crippen LogP) is 3.21. The van der Waals surface area contributed by atoms with E-state index in [9.17, 15) is 4.79 Å². The van der Waals surface area contributed by atoms with Gasteiger partial charge in [-0.25, -0.2) is 4.79 Å². The van der Waals surface area contributed by atoms with Gasteiger partial charge in [0.2, 0.25) is 6.79 Å². The number of nitrogens with two attached hydrogens (primary N) is 1. The number of nitrogens with zero attached hydrogens (tertiary/aromatic N) is 2. The lowest BCUT2D eigenvalue weighted by molar-refractivity contribution is 0.0510. The number of rotatable bonds is 2. The highest BCUT2D eigenvalue weighted by Gasteiger charge is 2.25. The molecule has 3 rings (SSSR count). The number of carbonyl (C=O) groups is 1. The average molecular weight is 331 g/mol. The van der Waals surface area contributed by atoms with E-state index in [1.54, 1.807) is 12.1 Å². The number of aromatic nitrogens is 2. The summed E-state index contributed by atoms with van der Waals surface area (Å²) < 4.78 is 17.3. The fourth-order valence-corrected chi connectivity index (χ4v) is 2.52. The average Bonchev–Trinajstić information content (AvgIpc) is 3.08. The molecule has 2 heterocycles.